The number of anilines is 1. The van der Waals surface area contributed by atoms with Crippen molar-refractivity contribution in [3.63, 3.8) is 0 Å². The van der Waals surface area contributed by atoms with E-state index in [0.717, 1.165) is 19.4 Å². The third-order valence-electron chi connectivity index (χ3n) is 3.88. The maximum absolute atomic E-state index is 12.2. The number of para-hydroxylation sites is 2. The first-order valence-electron chi connectivity index (χ1n) is 8.14. The number of nitrogens with one attached hydrogen (secondary N) is 1. The van der Waals surface area contributed by atoms with Crippen molar-refractivity contribution < 1.29 is 14.3 Å². The van der Waals surface area contributed by atoms with E-state index in [4.69, 9.17) is 9.47 Å². The van der Waals surface area contributed by atoms with Crippen molar-refractivity contribution in [3.8, 4) is 5.75 Å². The molecule has 1 unspecified atom stereocenters. The number of benzene rings is 1. The molecular weight excluding hydrogens is 280 g/mol. The zero-order valence-electron chi connectivity index (χ0n) is 13.5. The predicted molar refractivity (Wildman–Crippen MR) is 87.5 cm³/mol. The van der Waals surface area contributed by atoms with Crippen molar-refractivity contribution in [1.82, 2.24) is 4.90 Å². The van der Waals surface area contributed by atoms with E-state index in [9.17, 15) is 4.79 Å². The Hall–Kier alpha value is -1.75. The van der Waals surface area contributed by atoms with Crippen LogP contribution in [0.4, 0.5) is 10.5 Å². The van der Waals surface area contributed by atoms with Gasteiger partial charge in [-0.05, 0) is 45.2 Å². The van der Waals surface area contributed by atoms with Crippen LogP contribution in [0.25, 0.3) is 0 Å². The third kappa shape index (κ3) is 4.63. The smallest absolute Gasteiger partial charge is 0.321 e. The predicted octanol–water partition coefficient (Wildman–Crippen LogP) is 3.51. The molecule has 2 rings (SSSR count). The van der Waals surface area contributed by atoms with Crippen LogP contribution in [0.5, 0.6) is 5.75 Å². The average molecular weight is 306 g/mol. The van der Waals surface area contributed by atoms with E-state index >= 15 is 0 Å². The summed E-state index contributed by atoms with van der Waals surface area (Å²) in [5.41, 5.74) is 0.704. The molecular formula is C17H26N2O3. The molecule has 0 spiro atoms. The van der Waals surface area contributed by atoms with Gasteiger partial charge in [0.15, 0.2) is 0 Å². The maximum atomic E-state index is 12.2. The second-order valence-electron chi connectivity index (χ2n) is 5.40. The van der Waals surface area contributed by atoms with Crippen LogP contribution in [0, 0.1) is 0 Å². The number of nitrogens with zero attached hydrogens (tertiary/aromatic N) is 1. The molecule has 0 saturated carbocycles. The lowest BCUT2D eigenvalue weighted by Gasteiger charge is -2.24. The fourth-order valence-electron chi connectivity index (χ4n) is 2.52. The molecule has 1 atom stereocenters. The number of ether oxygens (including phenoxy) is 2. The molecule has 1 aliphatic heterocycles. The minimum atomic E-state index is -0.102. The van der Waals surface area contributed by atoms with Gasteiger partial charge in [-0.15, -0.1) is 0 Å². The molecule has 1 aromatic carbocycles. The topological polar surface area (TPSA) is 50.8 Å². The van der Waals surface area contributed by atoms with Gasteiger partial charge < -0.3 is 19.7 Å². The Balaban J connectivity index is 1.95. The van der Waals surface area contributed by atoms with Crippen molar-refractivity contribution in [2.24, 2.45) is 0 Å². The third-order valence-corrected chi connectivity index (χ3v) is 3.88. The van der Waals surface area contributed by atoms with Crippen LogP contribution < -0.4 is 10.1 Å². The van der Waals surface area contributed by atoms with E-state index < -0.39 is 0 Å². The van der Waals surface area contributed by atoms with Gasteiger partial charge in [-0.2, -0.15) is 0 Å². The quantitative estimate of drug-likeness (QED) is 0.875. The van der Waals surface area contributed by atoms with E-state index in [0.29, 0.717) is 31.1 Å². The van der Waals surface area contributed by atoms with Crippen molar-refractivity contribution in [2.45, 2.75) is 39.2 Å². The highest BCUT2D eigenvalue weighted by Gasteiger charge is 2.16. The molecule has 1 N–H and O–H groups in total. The minimum Gasteiger partial charge on any atom is -0.489 e. The Bertz CT molecular complexity index is 469. The number of carbonyl (C=O) groups excluding carboxylic acids is 1. The van der Waals surface area contributed by atoms with E-state index in [2.05, 4.69) is 5.32 Å². The van der Waals surface area contributed by atoms with Crippen LogP contribution in [0.1, 0.15) is 33.1 Å². The van der Waals surface area contributed by atoms with Crippen LogP contribution in [0.15, 0.2) is 24.3 Å². The average Bonchev–Trinajstić information content (AvgIpc) is 2.56. The lowest BCUT2D eigenvalue weighted by atomic mass is 10.1. The van der Waals surface area contributed by atoms with Crippen LogP contribution in [-0.4, -0.2) is 43.3 Å². The first-order chi connectivity index (χ1) is 10.7. The molecule has 1 heterocycles. The van der Waals surface area contributed by atoms with Crippen molar-refractivity contribution in [2.75, 3.05) is 31.6 Å². The van der Waals surface area contributed by atoms with Crippen LogP contribution >= 0.6 is 0 Å². The van der Waals surface area contributed by atoms with E-state index in [-0.39, 0.29) is 12.1 Å². The monoisotopic (exact) mass is 306 g/mol. The summed E-state index contributed by atoms with van der Waals surface area (Å²) in [6, 6.07) is 7.43. The Morgan fingerprint density at radius 1 is 1.32 bits per heavy atom. The van der Waals surface area contributed by atoms with Crippen molar-refractivity contribution in [1.29, 1.82) is 0 Å². The zero-order chi connectivity index (χ0) is 15.8. The Labute approximate surface area is 132 Å². The van der Waals surface area contributed by atoms with Gasteiger partial charge in [0.1, 0.15) is 12.4 Å². The molecule has 0 radical (unpaired) electrons. The van der Waals surface area contributed by atoms with Gasteiger partial charge in [0.05, 0.1) is 11.8 Å². The maximum Gasteiger partial charge on any atom is 0.321 e. The summed E-state index contributed by atoms with van der Waals surface area (Å²) in [5, 5.41) is 2.92. The summed E-state index contributed by atoms with van der Waals surface area (Å²) in [7, 11) is 0. The molecule has 22 heavy (non-hydrogen) atoms. The second-order valence-corrected chi connectivity index (χ2v) is 5.40. The molecule has 1 saturated heterocycles. The second kappa shape index (κ2) is 8.63. The van der Waals surface area contributed by atoms with Crippen molar-refractivity contribution in [3.05, 3.63) is 24.3 Å². The van der Waals surface area contributed by atoms with Gasteiger partial charge in [0.25, 0.3) is 0 Å². The van der Waals surface area contributed by atoms with Crippen LogP contribution in [0.2, 0.25) is 0 Å². The normalized spacial score (nSPS) is 17.8. The molecule has 0 bridgehead atoms. The molecule has 5 nitrogen and oxygen atoms in total. The summed E-state index contributed by atoms with van der Waals surface area (Å²) < 4.78 is 11.5. The molecule has 1 aromatic rings. The van der Waals surface area contributed by atoms with Gasteiger partial charge in [-0.3, -0.25) is 0 Å². The highest BCUT2D eigenvalue weighted by atomic mass is 16.5. The molecule has 0 aromatic heterocycles. The van der Waals surface area contributed by atoms with E-state index in [1.54, 1.807) is 4.90 Å². The lowest BCUT2D eigenvalue weighted by molar-refractivity contribution is -0.0109. The lowest BCUT2D eigenvalue weighted by Crippen LogP contribution is -2.34. The standard InChI is InChI=1S/C17H26N2O3/c1-3-19(4-2)17(20)18-15-10-5-6-11-16(15)22-13-14-9-7-8-12-21-14/h5-6,10-11,14H,3-4,7-9,12-13H2,1-2H3,(H,18,20). The molecule has 1 aliphatic rings. The molecule has 2 amide bonds. The van der Waals surface area contributed by atoms with Crippen molar-refractivity contribution >= 4 is 11.7 Å². The fraction of sp³-hybridized carbons (Fsp3) is 0.588. The summed E-state index contributed by atoms with van der Waals surface area (Å²) >= 11 is 0. The van der Waals surface area contributed by atoms with E-state index in [1.165, 1.54) is 6.42 Å². The number of carbonyl (C=O) groups is 1. The number of urea groups is 1. The number of amides is 2. The van der Waals surface area contributed by atoms with Crippen LogP contribution in [0.3, 0.4) is 0 Å². The van der Waals surface area contributed by atoms with Gasteiger partial charge >= 0.3 is 6.03 Å². The zero-order valence-corrected chi connectivity index (χ0v) is 13.5. The Morgan fingerprint density at radius 3 is 2.77 bits per heavy atom. The Morgan fingerprint density at radius 2 is 2.09 bits per heavy atom. The largest absolute Gasteiger partial charge is 0.489 e. The SMILES string of the molecule is CCN(CC)C(=O)Nc1ccccc1OCC1CCCCO1. The molecule has 5 heteroatoms. The number of hydrogen-bond donors (Lipinski definition) is 1. The fourth-order valence-corrected chi connectivity index (χ4v) is 2.52. The molecule has 0 aliphatic carbocycles. The molecule has 1 fully saturated rings. The summed E-state index contributed by atoms with van der Waals surface area (Å²) in [6.07, 6.45) is 3.51. The first kappa shape index (κ1) is 16.6. The van der Waals surface area contributed by atoms with Gasteiger partial charge in [0.2, 0.25) is 0 Å². The summed E-state index contributed by atoms with van der Waals surface area (Å²) in [6.45, 7) is 6.63. The minimum absolute atomic E-state index is 0.102. The molecule has 122 valence electrons. The van der Waals surface area contributed by atoms with Gasteiger partial charge in [0, 0.05) is 19.7 Å². The van der Waals surface area contributed by atoms with Gasteiger partial charge in [-0.25, -0.2) is 4.79 Å². The highest BCUT2D eigenvalue weighted by Crippen LogP contribution is 2.25. The van der Waals surface area contributed by atoms with Crippen LogP contribution in [-0.2, 0) is 4.74 Å². The summed E-state index contributed by atoms with van der Waals surface area (Å²) in [4.78, 5) is 13.9. The number of rotatable bonds is 6. The first-order valence-corrected chi connectivity index (χ1v) is 8.14. The van der Waals surface area contributed by atoms with Gasteiger partial charge in [-0.1, -0.05) is 12.1 Å². The summed E-state index contributed by atoms with van der Waals surface area (Å²) in [5.74, 6) is 0.692. The highest BCUT2D eigenvalue weighted by molar-refractivity contribution is 5.90. The Kier molecular flexibility index (Phi) is 6.52. The van der Waals surface area contributed by atoms with E-state index in [1.807, 2.05) is 38.1 Å². The number of hydrogen-bond acceptors (Lipinski definition) is 3.